The lowest BCUT2D eigenvalue weighted by Crippen LogP contribution is -2.18. The lowest BCUT2D eigenvalue weighted by molar-refractivity contribution is -0.276. The van der Waals surface area contributed by atoms with Crippen LogP contribution in [-0.4, -0.2) is 21.6 Å². The molecule has 0 aromatic carbocycles. The van der Waals surface area contributed by atoms with E-state index in [9.17, 15) is 18.3 Å². The zero-order valence-electron chi connectivity index (χ0n) is 7.95. The van der Waals surface area contributed by atoms with Crippen molar-refractivity contribution in [3.63, 3.8) is 0 Å². The molecule has 1 rings (SSSR count). The minimum atomic E-state index is -4.96. The summed E-state index contributed by atoms with van der Waals surface area (Å²) in [5, 5.41) is 18.2. The van der Waals surface area contributed by atoms with E-state index in [2.05, 4.69) is 9.72 Å². The van der Waals surface area contributed by atoms with Gasteiger partial charge in [0.2, 0.25) is 0 Å². The maximum atomic E-state index is 11.9. The van der Waals surface area contributed by atoms with Gasteiger partial charge in [-0.1, -0.05) is 0 Å². The molecule has 5 nitrogen and oxygen atoms in total. The summed E-state index contributed by atoms with van der Waals surface area (Å²) in [7, 11) is 0. The molecule has 0 aliphatic carbocycles. The van der Waals surface area contributed by atoms with Gasteiger partial charge in [-0.25, -0.2) is 4.98 Å². The van der Waals surface area contributed by atoms with Crippen molar-refractivity contribution in [2.45, 2.75) is 19.5 Å². The van der Waals surface area contributed by atoms with Gasteiger partial charge in [0.15, 0.2) is 5.75 Å². The first kappa shape index (κ1) is 12.5. The second-order valence-corrected chi connectivity index (χ2v) is 2.83. The largest absolute Gasteiger partial charge is 0.574 e. The normalized spacial score (nSPS) is 11.6. The van der Waals surface area contributed by atoms with Gasteiger partial charge in [0.05, 0.1) is 6.61 Å². The van der Waals surface area contributed by atoms with Crippen molar-refractivity contribution in [3.8, 4) is 11.6 Å². The molecule has 0 aliphatic heterocycles. The van der Waals surface area contributed by atoms with Crippen LogP contribution < -0.4 is 10.5 Å². The molecule has 0 fully saturated rings. The van der Waals surface area contributed by atoms with Crippen molar-refractivity contribution >= 4 is 0 Å². The van der Waals surface area contributed by atoms with Gasteiger partial charge in [-0.05, 0) is 5.56 Å². The third-order valence-corrected chi connectivity index (χ3v) is 1.80. The molecule has 0 spiro atoms. The molecule has 1 aromatic heterocycles. The molecule has 1 heterocycles. The molecule has 8 heteroatoms. The first-order chi connectivity index (χ1) is 7.39. The van der Waals surface area contributed by atoms with E-state index in [1.807, 2.05) is 0 Å². The number of aliphatic hydroxyl groups excluding tert-OH is 1. The summed E-state index contributed by atoms with van der Waals surface area (Å²) in [6.45, 7) is -0.724. The first-order valence-electron chi connectivity index (χ1n) is 4.15. The molecule has 0 amide bonds. The Hall–Kier alpha value is -1.54. The number of halogens is 3. The van der Waals surface area contributed by atoms with E-state index in [1.165, 1.54) is 0 Å². The minimum absolute atomic E-state index is 0.0667. The number of alkyl halides is 3. The standard InChI is InChI=1S/C8H9F3N2O3/c9-8(10,11)16-7-6(15)5(3-14)4(1-12)2-13-7/h2,14-15H,1,3,12H2. The van der Waals surface area contributed by atoms with Crippen LogP contribution in [0.4, 0.5) is 13.2 Å². The van der Waals surface area contributed by atoms with Crippen molar-refractivity contribution in [1.29, 1.82) is 0 Å². The van der Waals surface area contributed by atoms with E-state index in [4.69, 9.17) is 10.8 Å². The number of rotatable bonds is 3. The van der Waals surface area contributed by atoms with Crippen molar-refractivity contribution in [2.75, 3.05) is 0 Å². The van der Waals surface area contributed by atoms with Gasteiger partial charge >= 0.3 is 6.36 Å². The molecule has 0 aliphatic rings. The predicted molar refractivity (Wildman–Crippen MR) is 46.4 cm³/mol. The van der Waals surface area contributed by atoms with Crippen molar-refractivity contribution < 1.29 is 28.1 Å². The van der Waals surface area contributed by atoms with Gasteiger partial charge in [-0.3, -0.25) is 0 Å². The molecule has 0 unspecified atom stereocenters. The number of pyridine rings is 1. The number of nitrogens with zero attached hydrogens (tertiary/aromatic N) is 1. The highest BCUT2D eigenvalue weighted by atomic mass is 19.4. The Morgan fingerprint density at radius 2 is 2.06 bits per heavy atom. The first-order valence-corrected chi connectivity index (χ1v) is 4.15. The van der Waals surface area contributed by atoms with Crippen LogP contribution in [0.1, 0.15) is 11.1 Å². The summed E-state index contributed by atoms with van der Waals surface area (Å²) >= 11 is 0. The van der Waals surface area contributed by atoms with Crippen LogP contribution >= 0.6 is 0 Å². The Labute approximate surface area is 88.3 Å². The minimum Gasteiger partial charge on any atom is -0.503 e. The lowest BCUT2D eigenvalue weighted by Gasteiger charge is -2.13. The third-order valence-electron chi connectivity index (χ3n) is 1.80. The second kappa shape index (κ2) is 4.54. The molecular weight excluding hydrogens is 229 g/mol. The van der Waals surface area contributed by atoms with Crippen LogP contribution in [-0.2, 0) is 13.2 Å². The molecular formula is C8H9F3N2O3. The number of aliphatic hydroxyl groups is 1. The SMILES string of the molecule is NCc1cnc(OC(F)(F)F)c(O)c1CO. The van der Waals surface area contributed by atoms with Gasteiger partial charge in [0, 0.05) is 18.3 Å². The molecule has 0 radical (unpaired) electrons. The Bertz CT molecular complexity index is 382. The number of ether oxygens (including phenoxy) is 1. The predicted octanol–water partition coefficient (Wildman–Crippen LogP) is 0.637. The van der Waals surface area contributed by atoms with Gasteiger partial charge in [-0.2, -0.15) is 0 Å². The molecule has 0 bridgehead atoms. The van der Waals surface area contributed by atoms with Gasteiger partial charge in [-0.15, -0.1) is 13.2 Å². The highest BCUT2D eigenvalue weighted by Crippen LogP contribution is 2.33. The summed E-state index contributed by atoms with van der Waals surface area (Å²) in [5.74, 6) is -1.86. The van der Waals surface area contributed by atoms with Gasteiger partial charge < -0.3 is 20.7 Å². The summed E-state index contributed by atoms with van der Waals surface area (Å²) in [4.78, 5) is 3.26. The van der Waals surface area contributed by atoms with Crippen molar-refractivity contribution in [1.82, 2.24) is 4.98 Å². The maximum Gasteiger partial charge on any atom is 0.574 e. The van der Waals surface area contributed by atoms with E-state index in [-0.39, 0.29) is 17.7 Å². The number of hydrogen-bond donors (Lipinski definition) is 3. The quantitative estimate of drug-likeness (QED) is 0.719. The van der Waals surface area contributed by atoms with E-state index in [1.54, 1.807) is 0 Å². The van der Waals surface area contributed by atoms with Crippen LogP contribution in [0, 0.1) is 0 Å². The Morgan fingerprint density at radius 3 is 2.50 bits per heavy atom. The summed E-state index contributed by atoms with van der Waals surface area (Å²) in [6.07, 6.45) is -3.95. The van der Waals surface area contributed by atoms with E-state index in [0.717, 1.165) is 6.20 Å². The Kier molecular flexibility index (Phi) is 3.55. The van der Waals surface area contributed by atoms with Crippen molar-refractivity contribution in [3.05, 3.63) is 17.3 Å². The van der Waals surface area contributed by atoms with E-state index in [0.29, 0.717) is 0 Å². The second-order valence-electron chi connectivity index (χ2n) is 2.83. The number of nitrogens with two attached hydrogens (primary N) is 1. The average molecular weight is 238 g/mol. The van der Waals surface area contributed by atoms with Crippen LogP contribution in [0.15, 0.2) is 6.20 Å². The fourth-order valence-electron chi connectivity index (χ4n) is 1.09. The fourth-order valence-corrected chi connectivity index (χ4v) is 1.09. The molecule has 16 heavy (non-hydrogen) atoms. The highest BCUT2D eigenvalue weighted by molar-refractivity contribution is 5.44. The average Bonchev–Trinajstić information content (AvgIpc) is 2.19. The fraction of sp³-hybridized carbons (Fsp3) is 0.375. The molecule has 90 valence electrons. The number of hydrogen-bond acceptors (Lipinski definition) is 5. The van der Waals surface area contributed by atoms with Crippen LogP contribution in [0.5, 0.6) is 11.6 Å². The summed E-state index contributed by atoms with van der Waals surface area (Å²) < 4.78 is 39.1. The Balaban J connectivity index is 3.14. The highest BCUT2D eigenvalue weighted by Gasteiger charge is 2.33. The molecule has 1 aromatic rings. The molecule has 0 saturated heterocycles. The third kappa shape index (κ3) is 2.74. The van der Waals surface area contributed by atoms with E-state index >= 15 is 0 Å². The number of aromatic nitrogens is 1. The smallest absolute Gasteiger partial charge is 0.503 e. The zero-order valence-corrected chi connectivity index (χ0v) is 7.95. The lowest BCUT2D eigenvalue weighted by atomic mass is 10.1. The number of aromatic hydroxyl groups is 1. The van der Waals surface area contributed by atoms with E-state index < -0.39 is 24.6 Å². The topological polar surface area (TPSA) is 88.6 Å². The molecule has 4 N–H and O–H groups in total. The Morgan fingerprint density at radius 1 is 1.44 bits per heavy atom. The summed E-state index contributed by atoms with van der Waals surface area (Å²) in [5.41, 5.74) is 5.36. The van der Waals surface area contributed by atoms with Crippen molar-refractivity contribution in [2.24, 2.45) is 5.73 Å². The maximum absolute atomic E-state index is 11.9. The van der Waals surface area contributed by atoms with Crippen LogP contribution in [0.3, 0.4) is 0 Å². The zero-order chi connectivity index (χ0) is 12.3. The molecule has 0 atom stereocenters. The molecule has 0 saturated carbocycles. The van der Waals surface area contributed by atoms with Crippen LogP contribution in [0.25, 0.3) is 0 Å². The van der Waals surface area contributed by atoms with Gasteiger partial charge in [0.25, 0.3) is 5.88 Å². The van der Waals surface area contributed by atoms with Crippen LogP contribution in [0.2, 0.25) is 0 Å². The summed E-state index contributed by atoms with van der Waals surface area (Å²) in [6, 6.07) is 0. The van der Waals surface area contributed by atoms with Gasteiger partial charge in [0.1, 0.15) is 0 Å². The monoisotopic (exact) mass is 238 g/mol.